The van der Waals surface area contributed by atoms with Gasteiger partial charge in [-0.3, -0.25) is 24.1 Å². The van der Waals surface area contributed by atoms with Gasteiger partial charge in [-0.1, -0.05) is 104 Å². The molecule has 2 unspecified atom stereocenters. The number of benzene rings is 2. The molecule has 3 heterocycles. The van der Waals surface area contributed by atoms with Gasteiger partial charge in [-0.25, -0.2) is 9.59 Å². The molecule has 0 aliphatic carbocycles. The smallest absolute Gasteiger partial charge is 0.410 e. The van der Waals surface area contributed by atoms with Crippen molar-refractivity contribution in [1.82, 2.24) is 25.3 Å². The van der Waals surface area contributed by atoms with Crippen LogP contribution in [0.15, 0.2) is 65.6 Å². The highest BCUT2D eigenvalue weighted by atomic mass is 16.7. The Balaban J connectivity index is 1.34. The maximum Gasteiger partial charge on any atom is 0.410 e. The van der Waals surface area contributed by atoms with Crippen LogP contribution in [-0.4, -0.2) is 196 Å². The number of hydrogen-bond donors (Lipinski definition) is 8. The first-order valence-corrected chi connectivity index (χ1v) is 29.0. The predicted molar refractivity (Wildman–Crippen MR) is 309 cm³/mol. The van der Waals surface area contributed by atoms with Crippen LogP contribution in [0.1, 0.15) is 128 Å². The van der Waals surface area contributed by atoms with E-state index in [1.165, 1.54) is 44.4 Å². The van der Waals surface area contributed by atoms with Crippen LogP contribution in [0.25, 0.3) is 11.0 Å². The van der Waals surface area contributed by atoms with Gasteiger partial charge in [0.25, 0.3) is 0 Å². The predicted octanol–water partition coefficient (Wildman–Crippen LogP) is 4.96. The van der Waals surface area contributed by atoms with Crippen LogP contribution in [0, 0.1) is 29.6 Å². The Bertz CT molecular complexity index is 2690. The van der Waals surface area contributed by atoms with Gasteiger partial charge in [0.2, 0.25) is 35.7 Å². The summed E-state index contributed by atoms with van der Waals surface area (Å²) in [7, 11) is 6.00. The number of nitrogens with one attached hydrogen (secondary N) is 2. The summed E-state index contributed by atoms with van der Waals surface area (Å²) >= 11 is 0. The van der Waals surface area contributed by atoms with Gasteiger partial charge in [0.1, 0.15) is 42.6 Å². The van der Waals surface area contributed by atoms with Crippen molar-refractivity contribution in [1.29, 1.82) is 0 Å². The van der Waals surface area contributed by atoms with Gasteiger partial charge in [-0.15, -0.1) is 6.58 Å². The number of likely N-dealkylation sites (N-methyl/N-ethyl adjacent to an activating group) is 2. The number of nitrogens with zero attached hydrogens (tertiary/aromatic N) is 3. The molecule has 2 aliphatic rings. The van der Waals surface area contributed by atoms with Gasteiger partial charge in [-0.2, -0.15) is 0 Å². The minimum Gasteiger partial charge on any atom is -0.475 e. The third-order valence-electron chi connectivity index (χ3n) is 16.6. The van der Waals surface area contributed by atoms with Crippen LogP contribution >= 0.6 is 0 Å². The third kappa shape index (κ3) is 16.0. The topological polar surface area (TPSA) is 317 Å². The molecule has 2 aliphatic heterocycles. The molecule has 8 N–H and O–H groups in total. The fourth-order valence-electron chi connectivity index (χ4n) is 11.5. The number of carboxylic acids is 1. The molecule has 2 saturated heterocycles. The van der Waals surface area contributed by atoms with Gasteiger partial charge in [0, 0.05) is 45.8 Å². The Hall–Kier alpha value is -6.18. The van der Waals surface area contributed by atoms with Crippen molar-refractivity contribution in [2.45, 2.75) is 180 Å². The second-order valence-corrected chi connectivity index (χ2v) is 23.2. The summed E-state index contributed by atoms with van der Waals surface area (Å²) in [6, 6.07) is 9.03. The monoisotopic (exact) mass is 1180 g/mol. The van der Waals surface area contributed by atoms with Gasteiger partial charge in [-0.05, 0) is 67.6 Å². The number of rotatable bonds is 29. The Labute approximate surface area is 492 Å². The van der Waals surface area contributed by atoms with Gasteiger partial charge < -0.3 is 79.2 Å². The number of aliphatic hydroxyl groups is 5. The fourth-order valence-corrected chi connectivity index (χ4v) is 11.5. The summed E-state index contributed by atoms with van der Waals surface area (Å²) < 4.78 is 35.4. The van der Waals surface area contributed by atoms with Crippen LogP contribution in [0.4, 0.5) is 4.79 Å². The van der Waals surface area contributed by atoms with Crippen molar-refractivity contribution in [3.8, 4) is 5.75 Å². The molecule has 17 atom stereocenters. The van der Waals surface area contributed by atoms with Crippen molar-refractivity contribution in [3.63, 3.8) is 0 Å². The van der Waals surface area contributed by atoms with Crippen molar-refractivity contribution >= 4 is 46.7 Å². The van der Waals surface area contributed by atoms with E-state index in [9.17, 15) is 59.4 Å². The maximum atomic E-state index is 14.9. The van der Waals surface area contributed by atoms with Crippen molar-refractivity contribution in [2.75, 3.05) is 41.5 Å². The average Bonchev–Trinajstić information content (AvgIpc) is 2.43. The molecule has 2 aromatic carbocycles. The Morgan fingerprint density at radius 3 is 2.11 bits per heavy atom. The van der Waals surface area contributed by atoms with Crippen LogP contribution in [0.2, 0.25) is 0 Å². The lowest BCUT2D eigenvalue weighted by Crippen LogP contribution is -2.60. The normalized spacial score (nSPS) is 23.0. The van der Waals surface area contributed by atoms with Crippen LogP contribution in [-0.2, 0) is 38.1 Å². The molecule has 23 nitrogen and oxygen atoms in total. The zero-order valence-electron chi connectivity index (χ0n) is 50.7. The van der Waals surface area contributed by atoms with Crippen molar-refractivity contribution in [2.24, 2.45) is 29.6 Å². The highest BCUT2D eigenvalue weighted by molar-refractivity contribution is 5.95. The molecule has 0 spiro atoms. The molecule has 3 aromatic rings. The summed E-state index contributed by atoms with van der Waals surface area (Å²) in [4.78, 5) is 89.0. The fraction of sp³-hybridized carbons (Fsp3) is 0.639. The molecule has 1 aromatic heterocycles. The first kappa shape index (κ1) is 68.6. The largest absolute Gasteiger partial charge is 0.475 e. The molecule has 23 heteroatoms. The van der Waals surface area contributed by atoms with E-state index in [1.54, 1.807) is 71.7 Å². The van der Waals surface area contributed by atoms with E-state index in [-0.39, 0.29) is 58.8 Å². The van der Waals surface area contributed by atoms with E-state index in [4.69, 9.17) is 28.1 Å². The zero-order chi connectivity index (χ0) is 62.6. The number of aromatic carboxylic acids is 1. The van der Waals surface area contributed by atoms with Gasteiger partial charge in [0.15, 0.2) is 11.3 Å². The number of fused-ring (bicyclic) bond motifs is 1. The van der Waals surface area contributed by atoms with Gasteiger partial charge >= 0.3 is 12.1 Å². The number of carbonyl (C=O) groups is 6. The second-order valence-electron chi connectivity index (χ2n) is 23.2. The van der Waals surface area contributed by atoms with E-state index >= 15 is 0 Å². The number of aliphatic hydroxyl groups excluding tert-OH is 5. The van der Waals surface area contributed by atoms with Crippen molar-refractivity contribution < 1.29 is 87.5 Å². The molecule has 84 heavy (non-hydrogen) atoms. The Morgan fingerprint density at radius 1 is 0.869 bits per heavy atom. The van der Waals surface area contributed by atoms with Crippen molar-refractivity contribution in [3.05, 3.63) is 78.1 Å². The summed E-state index contributed by atoms with van der Waals surface area (Å²) in [6.07, 6.45) is -9.25. The number of allylic oxidation sites excluding steroid dienone is 1. The van der Waals surface area contributed by atoms with Crippen LogP contribution in [0.3, 0.4) is 0 Å². The lowest BCUT2D eigenvalue weighted by Gasteiger charge is -2.41. The summed E-state index contributed by atoms with van der Waals surface area (Å²) in [5.74, 6) is -6.04. The number of furan rings is 1. The molecule has 468 valence electrons. The quantitative estimate of drug-likeness (QED) is 0.0426. The van der Waals surface area contributed by atoms with E-state index < -0.39 is 139 Å². The summed E-state index contributed by atoms with van der Waals surface area (Å²) in [6.45, 7) is 19.8. The number of likely N-dealkylation sites (tertiary alicyclic amines) is 1. The Morgan fingerprint density at radius 2 is 1.54 bits per heavy atom. The number of carbonyl (C=O) groups excluding carboxylic acids is 5. The first-order valence-electron chi connectivity index (χ1n) is 29.0. The van der Waals surface area contributed by atoms with Gasteiger partial charge in [0.05, 0.1) is 55.4 Å². The first-order chi connectivity index (χ1) is 39.7. The maximum absolute atomic E-state index is 14.9. The second kappa shape index (κ2) is 30.8. The number of ether oxygens (including phenoxy) is 5. The SMILES string of the molecule is C=CC(C)CC(OC(=O)N(C)[C@H](C(=O)N[C@H](C(=O)N(C)[C@@H]([C@@H](C)CC)[C@@H](CC(=O)N1CCC[C@H]1[C@H](OC)[C@@H](C)C(=O)N[C@H](C)[C@@H](O)c1ccccc1)OC)C(C)C)C(C)C)c1ccc(O[C@@H]2O[C@H](CO)[C@H](O)[C@H](O)[C@H]2O)c2oc(C(=O)O)cc12. The average molecular weight is 1180 g/mol. The van der Waals surface area contributed by atoms with E-state index in [2.05, 4.69) is 17.2 Å². The van der Waals surface area contributed by atoms with E-state index in [1.807, 2.05) is 39.0 Å². The molecule has 0 bridgehead atoms. The lowest BCUT2D eigenvalue weighted by atomic mass is 9.89. The Kier molecular flexibility index (Phi) is 25.1. The minimum absolute atomic E-state index is 0.114. The lowest BCUT2D eigenvalue weighted by molar-refractivity contribution is -0.277. The number of carboxylic acid groups (broad SMARTS) is 1. The summed E-state index contributed by atoms with van der Waals surface area (Å²) in [5.41, 5.74) is 0.769. The number of hydrogen-bond acceptors (Lipinski definition) is 17. The summed E-state index contributed by atoms with van der Waals surface area (Å²) in [5, 5.41) is 68.2. The van der Waals surface area contributed by atoms with Crippen LogP contribution in [0.5, 0.6) is 5.75 Å². The van der Waals surface area contributed by atoms with E-state index in [0.717, 1.165) is 4.90 Å². The third-order valence-corrected chi connectivity index (χ3v) is 16.6. The molecule has 2 fully saturated rings. The van der Waals surface area contributed by atoms with E-state index in [0.29, 0.717) is 31.4 Å². The molecule has 0 saturated carbocycles. The van der Waals surface area contributed by atoms with Crippen LogP contribution < -0.4 is 15.4 Å². The molecule has 5 rings (SSSR count). The molecule has 5 amide bonds. The molecular formula is C61H91N5O18. The highest BCUT2D eigenvalue weighted by Gasteiger charge is 2.47. The standard InChI is InChI=1S/C61H91N5O18/c1-15-33(7)27-42(38-24-25-41(55-39(38)28-44(81-55)59(76)77)82-60-53(72)52(71)51(70)45(30-67)83-60)84-61(78)65(12)48(32(5)6)57(74)63-47(31(3)4)58(75)64(11)49(34(8)16-2)43(79-13)29-46(68)66-26-20-23-40(66)54(80-14)35(9)56(73)62-36(10)50(69)37-21-18-17-19-22-37/h15,17-19,21-22,24-25,28,31-36,40,42-43,45,47-54,60,67,69-72H,1,16,20,23,26-27,29-30H2,2-14H3,(H,62,73)(H,63,74)(H,76,77)/t33?,34-,35+,36+,40-,42?,43+,45+,47-,48-,49-,50+,51-,52-,53+,54+,60+/m0/s1. The molecular weight excluding hydrogens is 1090 g/mol. The zero-order valence-corrected chi connectivity index (χ0v) is 50.7. The molecule has 0 radical (unpaired) electrons. The number of methoxy groups -OCH3 is 2. The minimum atomic E-state index is -1.81. The highest BCUT2D eigenvalue weighted by Crippen LogP contribution is 2.40. The number of amides is 5.